The molecule has 0 N–H and O–H groups in total. The molecule has 0 unspecified atom stereocenters. The van der Waals surface area contributed by atoms with Crippen LogP contribution in [0.5, 0.6) is 5.88 Å². The number of hydrogen-bond donors (Lipinski definition) is 0. The van der Waals surface area contributed by atoms with E-state index in [2.05, 4.69) is 15.0 Å². The number of carbonyl (C=O) groups excluding carboxylic acids is 2. The van der Waals surface area contributed by atoms with Crippen LogP contribution in [0.3, 0.4) is 0 Å². The Bertz CT molecular complexity index is 876. The van der Waals surface area contributed by atoms with Crippen molar-refractivity contribution in [3.63, 3.8) is 0 Å². The van der Waals surface area contributed by atoms with Crippen LogP contribution < -0.4 is 4.74 Å². The van der Waals surface area contributed by atoms with E-state index in [9.17, 15) is 9.59 Å². The molecule has 1 saturated carbocycles. The Hall–Kier alpha value is -3.03. The molecule has 170 valence electrons. The van der Waals surface area contributed by atoms with E-state index in [-0.39, 0.29) is 18.2 Å². The van der Waals surface area contributed by atoms with Gasteiger partial charge in [0.05, 0.1) is 18.6 Å². The fourth-order valence-corrected chi connectivity index (χ4v) is 4.45. The van der Waals surface area contributed by atoms with Crippen molar-refractivity contribution in [3.8, 4) is 5.88 Å². The minimum Gasteiger partial charge on any atom is -0.478 e. The summed E-state index contributed by atoms with van der Waals surface area (Å²) in [5.41, 5.74) is 1.34. The molecule has 2 aromatic heterocycles. The summed E-state index contributed by atoms with van der Waals surface area (Å²) < 4.78 is 5.79. The third-order valence-electron chi connectivity index (χ3n) is 6.37. The first-order valence-electron chi connectivity index (χ1n) is 11.6. The van der Waals surface area contributed by atoms with Gasteiger partial charge in [-0.2, -0.15) is 0 Å². The van der Waals surface area contributed by atoms with E-state index in [4.69, 9.17) is 4.74 Å². The monoisotopic (exact) mass is 437 g/mol. The second-order valence-corrected chi connectivity index (χ2v) is 8.62. The Balaban J connectivity index is 1.21. The van der Waals surface area contributed by atoms with Crippen molar-refractivity contribution in [1.82, 2.24) is 24.8 Å². The summed E-state index contributed by atoms with van der Waals surface area (Å²) in [6.07, 6.45) is 14.4. The Morgan fingerprint density at radius 3 is 2.34 bits per heavy atom. The fourth-order valence-electron chi connectivity index (χ4n) is 4.45. The van der Waals surface area contributed by atoms with E-state index in [0.29, 0.717) is 44.2 Å². The first-order chi connectivity index (χ1) is 15.7. The summed E-state index contributed by atoms with van der Waals surface area (Å²) in [6.45, 7) is 2.74. The van der Waals surface area contributed by atoms with Crippen LogP contribution in [0.2, 0.25) is 0 Å². The highest BCUT2D eigenvalue weighted by atomic mass is 16.5. The van der Waals surface area contributed by atoms with Gasteiger partial charge in [-0.05, 0) is 24.0 Å². The molecule has 1 aliphatic carbocycles. The number of nitrogens with zero attached hydrogens (tertiary/aromatic N) is 5. The van der Waals surface area contributed by atoms with E-state index in [1.807, 2.05) is 0 Å². The fraction of sp³-hybridized carbons (Fsp3) is 0.542. The molecule has 2 aliphatic rings. The number of hydrogen-bond acceptors (Lipinski definition) is 6. The molecule has 3 heterocycles. The van der Waals surface area contributed by atoms with Crippen LogP contribution in [0.1, 0.15) is 54.4 Å². The zero-order chi connectivity index (χ0) is 22.2. The van der Waals surface area contributed by atoms with Gasteiger partial charge in [0.2, 0.25) is 11.8 Å². The quantitative estimate of drug-likeness (QED) is 0.662. The predicted octanol–water partition coefficient (Wildman–Crippen LogP) is 2.75. The lowest BCUT2D eigenvalue weighted by Gasteiger charge is -2.34. The summed E-state index contributed by atoms with van der Waals surface area (Å²) in [5, 5.41) is 0. The summed E-state index contributed by atoms with van der Waals surface area (Å²) in [7, 11) is 0. The molecule has 1 saturated heterocycles. The summed E-state index contributed by atoms with van der Waals surface area (Å²) in [6, 6.07) is 3.55. The highest BCUT2D eigenvalue weighted by molar-refractivity contribution is 5.94. The SMILES string of the molecule is O=C(Cc1cncnc1)N1CCN(C(=O)c2ccc(OCCC3CCCCC3)nc2)CC1. The predicted molar refractivity (Wildman–Crippen MR) is 119 cm³/mol. The first kappa shape index (κ1) is 22.2. The van der Waals surface area contributed by atoms with E-state index in [1.165, 1.54) is 38.4 Å². The Morgan fingerprint density at radius 2 is 1.66 bits per heavy atom. The lowest BCUT2D eigenvalue weighted by molar-refractivity contribution is -0.131. The van der Waals surface area contributed by atoms with Gasteiger partial charge >= 0.3 is 0 Å². The summed E-state index contributed by atoms with van der Waals surface area (Å²) >= 11 is 0. The van der Waals surface area contributed by atoms with Crippen molar-refractivity contribution < 1.29 is 14.3 Å². The molecule has 4 rings (SSSR count). The number of amides is 2. The highest BCUT2D eigenvalue weighted by Gasteiger charge is 2.25. The van der Waals surface area contributed by atoms with Crippen molar-refractivity contribution in [1.29, 1.82) is 0 Å². The molecule has 0 aromatic carbocycles. The van der Waals surface area contributed by atoms with Gasteiger partial charge in [-0.3, -0.25) is 9.59 Å². The van der Waals surface area contributed by atoms with E-state index < -0.39 is 0 Å². The van der Waals surface area contributed by atoms with Crippen molar-refractivity contribution >= 4 is 11.8 Å². The second kappa shape index (κ2) is 11.0. The first-order valence-corrected chi connectivity index (χ1v) is 11.6. The maximum atomic E-state index is 12.8. The molecule has 2 amide bonds. The Morgan fingerprint density at radius 1 is 0.938 bits per heavy atom. The smallest absolute Gasteiger partial charge is 0.255 e. The van der Waals surface area contributed by atoms with Crippen LogP contribution in [0.4, 0.5) is 0 Å². The lowest BCUT2D eigenvalue weighted by atomic mass is 9.87. The van der Waals surface area contributed by atoms with Crippen molar-refractivity contribution in [2.45, 2.75) is 44.9 Å². The molecule has 1 aliphatic heterocycles. The van der Waals surface area contributed by atoms with Gasteiger partial charge in [0.25, 0.3) is 5.91 Å². The Kier molecular flexibility index (Phi) is 7.64. The Labute approximate surface area is 189 Å². The number of piperazine rings is 1. The average Bonchev–Trinajstić information content (AvgIpc) is 2.85. The normalized spacial score (nSPS) is 17.2. The van der Waals surface area contributed by atoms with Crippen LogP contribution in [-0.2, 0) is 11.2 Å². The van der Waals surface area contributed by atoms with E-state index in [0.717, 1.165) is 17.9 Å². The molecule has 0 bridgehead atoms. The van der Waals surface area contributed by atoms with E-state index >= 15 is 0 Å². The molecule has 0 atom stereocenters. The zero-order valence-electron chi connectivity index (χ0n) is 18.5. The molecule has 8 nitrogen and oxygen atoms in total. The standard InChI is InChI=1S/C24H31N5O3/c30-23(14-20-15-25-18-26-16-20)28-9-11-29(12-10-28)24(31)21-6-7-22(27-17-21)32-13-8-19-4-2-1-3-5-19/h6-7,15-19H,1-5,8-14H2. The van der Waals surface area contributed by atoms with Crippen molar-refractivity contribution in [3.05, 3.63) is 48.2 Å². The average molecular weight is 438 g/mol. The molecule has 8 heteroatoms. The second-order valence-electron chi connectivity index (χ2n) is 8.62. The number of pyridine rings is 1. The number of aromatic nitrogens is 3. The van der Waals surface area contributed by atoms with Gasteiger partial charge in [0, 0.05) is 50.8 Å². The molecule has 2 aromatic rings. The van der Waals surface area contributed by atoms with Crippen LogP contribution in [0.25, 0.3) is 0 Å². The zero-order valence-corrected chi connectivity index (χ0v) is 18.5. The van der Waals surface area contributed by atoms with Gasteiger partial charge in [0.15, 0.2) is 0 Å². The maximum absolute atomic E-state index is 12.8. The van der Waals surface area contributed by atoms with Gasteiger partial charge in [-0.15, -0.1) is 0 Å². The van der Waals surface area contributed by atoms with Crippen LogP contribution >= 0.6 is 0 Å². The summed E-state index contributed by atoms with van der Waals surface area (Å²) in [4.78, 5) is 41.1. The van der Waals surface area contributed by atoms with Gasteiger partial charge < -0.3 is 14.5 Å². The van der Waals surface area contributed by atoms with Gasteiger partial charge in [0.1, 0.15) is 6.33 Å². The van der Waals surface area contributed by atoms with Crippen molar-refractivity contribution in [2.75, 3.05) is 32.8 Å². The third kappa shape index (κ3) is 6.02. The number of ether oxygens (including phenoxy) is 1. The molecule has 0 radical (unpaired) electrons. The van der Waals surface area contributed by atoms with E-state index in [1.54, 1.807) is 40.5 Å². The molecule has 2 fully saturated rings. The number of rotatable bonds is 7. The van der Waals surface area contributed by atoms with Gasteiger partial charge in [-0.1, -0.05) is 32.1 Å². The lowest BCUT2D eigenvalue weighted by Crippen LogP contribution is -2.51. The highest BCUT2D eigenvalue weighted by Crippen LogP contribution is 2.26. The molecule has 0 spiro atoms. The molecular weight excluding hydrogens is 406 g/mol. The van der Waals surface area contributed by atoms with Crippen LogP contribution in [0.15, 0.2) is 37.1 Å². The molecule has 32 heavy (non-hydrogen) atoms. The summed E-state index contributed by atoms with van der Waals surface area (Å²) in [5.74, 6) is 1.31. The maximum Gasteiger partial charge on any atom is 0.255 e. The minimum atomic E-state index is -0.0604. The van der Waals surface area contributed by atoms with Crippen LogP contribution in [0, 0.1) is 5.92 Å². The van der Waals surface area contributed by atoms with Crippen molar-refractivity contribution in [2.24, 2.45) is 5.92 Å². The number of carbonyl (C=O) groups is 2. The topological polar surface area (TPSA) is 88.5 Å². The van der Waals surface area contributed by atoms with Crippen LogP contribution in [-0.4, -0.2) is 69.4 Å². The molecular formula is C24H31N5O3. The largest absolute Gasteiger partial charge is 0.478 e. The third-order valence-corrected chi connectivity index (χ3v) is 6.37. The van der Waals surface area contributed by atoms with Gasteiger partial charge in [-0.25, -0.2) is 15.0 Å². The minimum absolute atomic E-state index is 0.0308.